The number of aliphatic hydroxyl groups excluding tert-OH is 1. The van der Waals surface area contributed by atoms with Crippen LogP contribution in [0.5, 0.6) is 0 Å². The number of nitrogens with zero attached hydrogens (tertiary/aromatic N) is 1. The molecule has 1 unspecified atom stereocenters. The van der Waals surface area contributed by atoms with Gasteiger partial charge in [-0.25, -0.2) is 0 Å². The maximum Gasteiger partial charge on any atom is 0.0845 e. The highest BCUT2D eigenvalue weighted by Gasteiger charge is 2.09. The van der Waals surface area contributed by atoms with Gasteiger partial charge in [0, 0.05) is 18.3 Å². The largest absolute Gasteiger partial charge is 0.388 e. The number of aliphatic hydroxyl groups is 1. The lowest BCUT2D eigenvalue weighted by molar-refractivity contribution is 0.177. The molecule has 1 aromatic heterocycles. The molecule has 2 heteroatoms. The van der Waals surface area contributed by atoms with E-state index in [9.17, 15) is 5.11 Å². The zero-order valence-electron chi connectivity index (χ0n) is 10.7. The highest BCUT2D eigenvalue weighted by Crippen LogP contribution is 2.19. The first-order valence-electron chi connectivity index (χ1n) is 6.46. The Balaban J connectivity index is 2.08. The molecule has 0 aliphatic rings. The summed E-state index contributed by atoms with van der Waals surface area (Å²) in [7, 11) is 0. The maximum absolute atomic E-state index is 10.2. The van der Waals surface area contributed by atoms with E-state index in [1.165, 1.54) is 5.56 Å². The molecule has 18 heavy (non-hydrogen) atoms. The SMILES string of the molecule is CCCc1cccc(C(O)Cc2ccccn2)c1. The van der Waals surface area contributed by atoms with Gasteiger partial charge < -0.3 is 5.11 Å². The number of rotatable bonds is 5. The van der Waals surface area contributed by atoms with Crippen molar-refractivity contribution >= 4 is 0 Å². The van der Waals surface area contributed by atoms with Crippen molar-refractivity contribution in [2.75, 3.05) is 0 Å². The van der Waals surface area contributed by atoms with Crippen molar-refractivity contribution in [1.82, 2.24) is 4.98 Å². The monoisotopic (exact) mass is 241 g/mol. The van der Waals surface area contributed by atoms with E-state index >= 15 is 0 Å². The van der Waals surface area contributed by atoms with Crippen LogP contribution in [0, 0.1) is 0 Å². The quantitative estimate of drug-likeness (QED) is 0.871. The first-order chi connectivity index (χ1) is 8.79. The molecule has 2 rings (SSSR count). The number of benzene rings is 1. The number of hydrogen-bond donors (Lipinski definition) is 1. The maximum atomic E-state index is 10.2. The van der Waals surface area contributed by atoms with Crippen molar-refractivity contribution in [1.29, 1.82) is 0 Å². The van der Waals surface area contributed by atoms with Crippen molar-refractivity contribution in [3.05, 3.63) is 65.5 Å². The Morgan fingerprint density at radius 2 is 2.06 bits per heavy atom. The number of aromatic nitrogens is 1. The summed E-state index contributed by atoms with van der Waals surface area (Å²) in [6.45, 7) is 2.16. The summed E-state index contributed by atoms with van der Waals surface area (Å²) >= 11 is 0. The Hall–Kier alpha value is -1.67. The minimum Gasteiger partial charge on any atom is -0.388 e. The van der Waals surface area contributed by atoms with Gasteiger partial charge in [-0.05, 0) is 29.7 Å². The molecule has 2 aromatic rings. The van der Waals surface area contributed by atoms with Crippen molar-refractivity contribution in [3.63, 3.8) is 0 Å². The Morgan fingerprint density at radius 3 is 2.78 bits per heavy atom. The van der Waals surface area contributed by atoms with Gasteiger partial charge in [0.25, 0.3) is 0 Å². The molecule has 0 amide bonds. The molecule has 0 spiro atoms. The highest BCUT2D eigenvalue weighted by molar-refractivity contribution is 5.26. The molecular formula is C16H19NO. The fourth-order valence-corrected chi connectivity index (χ4v) is 2.08. The Labute approximate surface area is 108 Å². The van der Waals surface area contributed by atoms with Crippen molar-refractivity contribution in [3.8, 4) is 0 Å². The molecule has 0 fully saturated rings. The minimum absolute atomic E-state index is 0.475. The Bertz CT molecular complexity index is 481. The van der Waals surface area contributed by atoms with Crippen molar-refractivity contribution in [2.45, 2.75) is 32.3 Å². The summed E-state index contributed by atoms with van der Waals surface area (Å²) in [5.41, 5.74) is 3.19. The lowest BCUT2D eigenvalue weighted by atomic mass is 10.0. The molecule has 1 heterocycles. The third kappa shape index (κ3) is 3.41. The summed E-state index contributed by atoms with van der Waals surface area (Å²) in [4.78, 5) is 4.24. The average Bonchev–Trinajstić information content (AvgIpc) is 2.40. The van der Waals surface area contributed by atoms with Crippen LogP contribution in [0.1, 0.15) is 36.3 Å². The molecule has 0 saturated carbocycles. The Morgan fingerprint density at radius 1 is 1.17 bits per heavy atom. The second-order valence-electron chi connectivity index (χ2n) is 4.54. The van der Waals surface area contributed by atoms with E-state index in [4.69, 9.17) is 0 Å². The first-order valence-corrected chi connectivity index (χ1v) is 6.46. The summed E-state index contributed by atoms with van der Waals surface area (Å²) in [6, 6.07) is 14.0. The fraction of sp³-hybridized carbons (Fsp3) is 0.312. The normalized spacial score (nSPS) is 12.3. The summed E-state index contributed by atoms with van der Waals surface area (Å²) in [5, 5.41) is 10.2. The van der Waals surface area contributed by atoms with E-state index in [0.29, 0.717) is 6.42 Å². The van der Waals surface area contributed by atoms with E-state index in [1.54, 1.807) is 6.20 Å². The molecule has 0 saturated heterocycles. The van der Waals surface area contributed by atoms with Gasteiger partial charge in [0.2, 0.25) is 0 Å². The van der Waals surface area contributed by atoms with E-state index in [2.05, 4.69) is 24.0 Å². The third-order valence-corrected chi connectivity index (χ3v) is 3.00. The molecule has 94 valence electrons. The lowest BCUT2D eigenvalue weighted by Crippen LogP contribution is -2.03. The molecule has 0 aliphatic heterocycles. The predicted octanol–water partition coefficient (Wildman–Crippen LogP) is 3.31. The van der Waals surface area contributed by atoms with E-state index in [1.807, 2.05) is 30.3 Å². The standard InChI is InChI=1S/C16H19NO/c1-2-6-13-7-5-8-14(11-13)16(18)12-15-9-3-4-10-17-15/h3-5,7-11,16,18H,2,6,12H2,1H3. The van der Waals surface area contributed by atoms with E-state index < -0.39 is 6.10 Å². The zero-order valence-corrected chi connectivity index (χ0v) is 10.7. The molecule has 1 aromatic carbocycles. The number of aryl methyl sites for hydroxylation is 1. The number of pyridine rings is 1. The average molecular weight is 241 g/mol. The molecule has 0 radical (unpaired) electrons. The van der Waals surface area contributed by atoms with Gasteiger partial charge in [-0.1, -0.05) is 43.7 Å². The highest BCUT2D eigenvalue weighted by atomic mass is 16.3. The fourth-order valence-electron chi connectivity index (χ4n) is 2.08. The van der Waals surface area contributed by atoms with E-state index in [-0.39, 0.29) is 0 Å². The van der Waals surface area contributed by atoms with Crippen LogP contribution >= 0.6 is 0 Å². The predicted molar refractivity (Wildman–Crippen MR) is 73.3 cm³/mol. The van der Waals surface area contributed by atoms with Gasteiger partial charge in [0.05, 0.1) is 6.10 Å². The van der Waals surface area contributed by atoms with Crippen LogP contribution in [0.15, 0.2) is 48.7 Å². The van der Waals surface area contributed by atoms with Crippen LogP contribution in [0.25, 0.3) is 0 Å². The number of hydrogen-bond acceptors (Lipinski definition) is 2. The molecule has 0 aliphatic carbocycles. The minimum atomic E-state index is -0.475. The van der Waals surface area contributed by atoms with Gasteiger partial charge in [0.1, 0.15) is 0 Å². The Kier molecular flexibility index (Phi) is 4.48. The van der Waals surface area contributed by atoms with Crippen LogP contribution in [-0.2, 0) is 12.8 Å². The van der Waals surface area contributed by atoms with Gasteiger partial charge in [-0.3, -0.25) is 4.98 Å². The van der Waals surface area contributed by atoms with Gasteiger partial charge >= 0.3 is 0 Å². The molecule has 0 bridgehead atoms. The van der Waals surface area contributed by atoms with E-state index in [0.717, 1.165) is 24.1 Å². The zero-order chi connectivity index (χ0) is 12.8. The molecule has 2 nitrogen and oxygen atoms in total. The smallest absolute Gasteiger partial charge is 0.0845 e. The van der Waals surface area contributed by atoms with Crippen molar-refractivity contribution < 1.29 is 5.11 Å². The van der Waals surface area contributed by atoms with Crippen LogP contribution < -0.4 is 0 Å². The van der Waals surface area contributed by atoms with Crippen LogP contribution in [-0.4, -0.2) is 10.1 Å². The van der Waals surface area contributed by atoms with Gasteiger partial charge in [-0.15, -0.1) is 0 Å². The molecule has 1 N–H and O–H groups in total. The van der Waals surface area contributed by atoms with Crippen LogP contribution in [0.2, 0.25) is 0 Å². The second-order valence-corrected chi connectivity index (χ2v) is 4.54. The molecule has 1 atom stereocenters. The second kappa shape index (κ2) is 6.31. The first kappa shape index (κ1) is 12.8. The van der Waals surface area contributed by atoms with Gasteiger partial charge in [-0.2, -0.15) is 0 Å². The topological polar surface area (TPSA) is 33.1 Å². The van der Waals surface area contributed by atoms with Crippen LogP contribution in [0.3, 0.4) is 0 Å². The summed E-state index contributed by atoms with van der Waals surface area (Å²) < 4.78 is 0. The van der Waals surface area contributed by atoms with Crippen molar-refractivity contribution in [2.24, 2.45) is 0 Å². The molecular weight excluding hydrogens is 222 g/mol. The summed E-state index contributed by atoms with van der Waals surface area (Å²) in [6.07, 6.45) is 4.03. The van der Waals surface area contributed by atoms with Gasteiger partial charge in [0.15, 0.2) is 0 Å². The van der Waals surface area contributed by atoms with Crippen LogP contribution in [0.4, 0.5) is 0 Å². The summed E-state index contributed by atoms with van der Waals surface area (Å²) in [5.74, 6) is 0. The lowest BCUT2D eigenvalue weighted by Gasteiger charge is -2.11. The third-order valence-electron chi connectivity index (χ3n) is 3.00.